The van der Waals surface area contributed by atoms with E-state index in [0.29, 0.717) is 113 Å². The Hall–Kier alpha value is 4.02. The van der Waals surface area contributed by atoms with E-state index in [1.165, 1.54) is 186 Å². The van der Waals surface area contributed by atoms with Crippen molar-refractivity contribution in [2.75, 3.05) is 19.5 Å². The molecule has 0 saturated heterocycles. The van der Waals surface area contributed by atoms with E-state index in [4.69, 9.17) is 0 Å². The van der Waals surface area contributed by atoms with Gasteiger partial charge in [0.1, 0.15) is 0 Å². The van der Waals surface area contributed by atoms with Gasteiger partial charge in [-0.15, -0.1) is 0 Å². The maximum Gasteiger partial charge on any atom is 0.0641 e. The summed E-state index contributed by atoms with van der Waals surface area (Å²) in [5.41, 5.74) is 7.84. The summed E-state index contributed by atoms with van der Waals surface area (Å²) in [5, 5.41) is 52.8. The number of hydrogen-bond donors (Lipinski definition) is 6. The predicted molar refractivity (Wildman–Crippen MR) is 421 cm³/mol. The molecule has 15 saturated carbocycles. The zero-order valence-corrected chi connectivity index (χ0v) is 85.6. The molecule has 31 atom stereocenters. The Balaban J connectivity index is 0.000000187. The summed E-state index contributed by atoms with van der Waals surface area (Å²) in [6.07, 6.45) is 40.7. The van der Waals surface area contributed by atoms with Crippen molar-refractivity contribution in [1.29, 1.82) is 0 Å². The van der Waals surface area contributed by atoms with Crippen molar-refractivity contribution >= 4 is 20.5 Å². The summed E-state index contributed by atoms with van der Waals surface area (Å²) in [4.78, 5) is 0. The van der Waals surface area contributed by atoms with Gasteiger partial charge in [-0.3, -0.25) is 0 Å². The first-order valence-corrected chi connectivity index (χ1v) is 43.5. The van der Waals surface area contributed by atoms with Gasteiger partial charge in [-0.05, 0) is 387 Å². The van der Waals surface area contributed by atoms with Crippen molar-refractivity contribution in [3.63, 3.8) is 0 Å². The van der Waals surface area contributed by atoms with Crippen molar-refractivity contribution in [3.05, 3.63) is 24.3 Å². The Morgan fingerprint density at radius 1 is 0.363 bits per heavy atom. The van der Waals surface area contributed by atoms with E-state index in [9.17, 15) is 25.5 Å². The van der Waals surface area contributed by atoms with Crippen LogP contribution in [0.15, 0.2) is 24.3 Å². The second-order valence-electron chi connectivity index (χ2n) is 44.5. The molecular weight excluding hydrogens is 1910 g/mol. The van der Waals surface area contributed by atoms with E-state index < -0.39 is 0 Å². The molecule has 5 radical (unpaired) electrons. The van der Waals surface area contributed by atoms with Gasteiger partial charge in [0.05, 0.1) is 32.8 Å². The Morgan fingerprint density at radius 3 is 0.971 bits per heavy atom. The third kappa shape index (κ3) is 13.4. The molecule has 5 nitrogen and oxygen atoms in total. The molecule has 10 heteroatoms. The zero-order valence-electron chi connectivity index (χ0n) is 70.5. The topological polar surface area (TPSA) is 101 Å². The fourth-order valence-electron chi connectivity index (χ4n) is 34.7. The van der Waals surface area contributed by atoms with Crippen LogP contribution in [-0.2, 0) is 0 Å². The largest absolute Gasteiger partial charge is 0.396 e. The van der Waals surface area contributed by atoms with E-state index in [1.54, 1.807) is 6.26 Å². The van der Waals surface area contributed by atoms with Crippen LogP contribution < -0.4 is 0 Å². The second kappa shape index (κ2) is 31.8. The van der Waals surface area contributed by atoms with Crippen molar-refractivity contribution in [2.24, 2.45) is 176 Å². The average molecular weight is 2070 g/mol. The average Bonchev–Trinajstić information content (AvgIpc) is 1.24. The standard InChI is InChI=1S/C30H52O2.C30H50O2.C30H50O.CH3B.CH4S.3Ac/c2*1-19(18-31)20-10-13-27(4)16-17-29(6)21(25(20)27)8-9-23-28(5)14-12-24(32)26(2,3)22(28)11-15-30(23,29)7;1-19(2)20-11-14-27(5)17-18-29(7)21(25(20)27)9-10-23-28(6)15-13-24(31)26(3,4)22(28)12-16-30(23,29)8;2*1-2;;;/h19-25,31-32H,8-18H2,1-7H3;20-25,31-32H,1,8-18H2,2-7H3;20-25,31H,1,9-18H2,2-8H3;1H3;2H,1H3;;;/t19?,20-,21?,22?,23?,24?,25?,27+,28-,29+,30+;2*20-,21?,22?,23?,24?,25?,27+,28-,29+,30+;;;;;/m000...../s1. The van der Waals surface area contributed by atoms with E-state index in [2.05, 4.69) is 172 Å². The van der Waals surface area contributed by atoms with Gasteiger partial charge in [0.15, 0.2) is 0 Å². The molecule has 15 fully saturated rings. The molecule has 0 aromatic carbocycles. The normalized spacial score (nSPS) is 53.5. The van der Waals surface area contributed by atoms with Crippen molar-refractivity contribution < 1.29 is 158 Å². The van der Waals surface area contributed by atoms with Gasteiger partial charge in [0.25, 0.3) is 0 Å². The summed E-state index contributed by atoms with van der Waals surface area (Å²) in [6, 6.07) is 0. The maximum atomic E-state index is 10.9. The molecule has 0 heterocycles. The van der Waals surface area contributed by atoms with E-state index in [-0.39, 0.29) is 173 Å². The number of thiol groups is 1. The van der Waals surface area contributed by atoms with Crippen LogP contribution in [0.4, 0.5) is 0 Å². The number of hydrogen-bond acceptors (Lipinski definition) is 6. The van der Waals surface area contributed by atoms with Gasteiger partial charge in [-0.2, -0.15) is 12.6 Å². The number of rotatable bonds is 5. The number of aliphatic hydroxyl groups excluding tert-OH is 5. The van der Waals surface area contributed by atoms with Crippen molar-refractivity contribution in [2.45, 2.75) is 356 Å². The molecule has 0 aromatic rings. The molecule has 16 unspecified atom stereocenters. The molecule has 0 spiro atoms. The zero-order chi connectivity index (χ0) is 73.3. The van der Waals surface area contributed by atoms with Crippen LogP contribution in [0, 0.1) is 308 Å². The van der Waals surface area contributed by atoms with Gasteiger partial charge < -0.3 is 25.5 Å². The van der Waals surface area contributed by atoms with E-state index in [0.717, 1.165) is 78.1 Å². The smallest absolute Gasteiger partial charge is 0.0641 e. The summed E-state index contributed by atoms with van der Waals surface area (Å²) >= 11 is 3.53. The summed E-state index contributed by atoms with van der Waals surface area (Å²) in [6.45, 7) is 61.7. The predicted octanol–water partition coefficient (Wildman–Crippen LogP) is 22.8. The first-order valence-electron chi connectivity index (χ1n) is 42.6. The van der Waals surface area contributed by atoms with Gasteiger partial charge in [-0.1, -0.05) is 157 Å². The SMILES string of the molecule is C=C(C)[C@@H]1CC[C@]2(C)CC[C@]3(C)C(CCC4[C@@]5(C)CCC(O)C(C)(C)C5CC[C@]43C)C12.C=C(CO)[C@@H]1CC[C@]2(C)CC[C@]3(C)C(CCC4[C@@]5(C)CCC(O)C(C)(C)C5CC[C@]43C)C12.CC(CO)[C@@H]1CC[C@]2(C)CC[C@]3(C)C(CCC4[C@@]5(C)CCC(O)C(C)(C)C5CC[C@]43C)C12.CS.[Ac].[Ac].[Ac].[B]C. The first-order chi connectivity index (χ1) is 46.0. The molecule has 102 heavy (non-hydrogen) atoms. The Labute approximate surface area is 744 Å². The van der Waals surface area contributed by atoms with Gasteiger partial charge in [-0.25, -0.2) is 0 Å². The van der Waals surface area contributed by atoms with Crippen LogP contribution in [0.3, 0.4) is 0 Å². The van der Waals surface area contributed by atoms with Crippen LogP contribution >= 0.6 is 12.6 Å². The molecule has 0 aliphatic heterocycles. The monoisotopic (exact) mass is 2070 g/mol. The molecule has 15 rings (SSSR count). The fraction of sp³-hybridized carbons (Fsp3) is 0.957. The second-order valence-corrected chi connectivity index (χ2v) is 44.5. The molecule has 575 valence electrons. The molecule has 0 amide bonds. The summed E-state index contributed by atoms with van der Waals surface area (Å²) < 4.78 is 0. The number of fused-ring (bicyclic) bond motifs is 21. The molecule has 5 N–H and O–H groups in total. The number of aliphatic hydroxyl groups is 5. The molecular formula is C92H159Ac3BO5S. The third-order valence-corrected chi connectivity index (χ3v) is 40.9. The van der Waals surface area contributed by atoms with Crippen LogP contribution in [0.2, 0.25) is 6.82 Å². The van der Waals surface area contributed by atoms with Gasteiger partial charge in [0.2, 0.25) is 0 Å². The van der Waals surface area contributed by atoms with Gasteiger partial charge in [0, 0.05) is 139 Å². The number of allylic oxidation sites excluding steroid dienone is 1. The van der Waals surface area contributed by atoms with Crippen LogP contribution in [0.1, 0.15) is 331 Å². The van der Waals surface area contributed by atoms with Crippen LogP contribution in [0.5, 0.6) is 0 Å². The minimum atomic E-state index is -0.143. The van der Waals surface area contributed by atoms with Gasteiger partial charge >= 0.3 is 0 Å². The molecule has 0 aromatic heterocycles. The van der Waals surface area contributed by atoms with E-state index >= 15 is 0 Å². The minimum Gasteiger partial charge on any atom is -0.396 e. The summed E-state index contributed by atoms with van der Waals surface area (Å²) in [7, 11) is 4.50. The van der Waals surface area contributed by atoms with E-state index in [1.807, 2.05) is 0 Å². The Kier molecular flexibility index (Phi) is 28.5. The molecule has 15 aliphatic carbocycles. The van der Waals surface area contributed by atoms with Crippen LogP contribution in [-0.4, -0.2) is 71.2 Å². The fourth-order valence-corrected chi connectivity index (χ4v) is 34.7. The van der Waals surface area contributed by atoms with Crippen molar-refractivity contribution in [3.8, 4) is 0 Å². The Bertz CT molecular complexity index is 2940. The summed E-state index contributed by atoms with van der Waals surface area (Å²) in [5.74, 6) is 11.6. The molecule has 0 bridgehead atoms. The Morgan fingerprint density at radius 2 is 0.657 bits per heavy atom. The minimum absolute atomic E-state index is 0. The van der Waals surface area contributed by atoms with Crippen LogP contribution in [0.25, 0.3) is 0 Å². The van der Waals surface area contributed by atoms with Crippen molar-refractivity contribution in [1.82, 2.24) is 0 Å². The first kappa shape index (κ1) is 91.5. The third-order valence-electron chi connectivity index (χ3n) is 40.9. The molecule has 15 aliphatic rings. The quantitative estimate of drug-likeness (QED) is 0.0936. The maximum absolute atomic E-state index is 10.9.